The molecule has 1 aliphatic heterocycles. The molecule has 2 N–H and O–H groups in total. The van der Waals surface area contributed by atoms with E-state index >= 15 is 0 Å². The molecule has 0 radical (unpaired) electrons. The fraction of sp³-hybridized carbons (Fsp3) is 0.200. The van der Waals surface area contributed by atoms with Crippen LogP contribution in [-0.4, -0.2) is 30.8 Å². The van der Waals surface area contributed by atoms with Gasteiger partial charge in [-0.15, -0.1) is 0 Å². The first-order valence-corrected chi connectivity index (χ1v) is 8.58. The predicted molar refractivity (Wildman–Crippen MR) is 87.0 cm³/mol. The van der Waals surface area contributed by atoms with Gasteiger partial charge in [0.25, 0.3) is 5.69 Å². The van der Waals surface area contributed by atoms with Gasteiger partial charge in [0.1, 0.15) is 12.4 Å². The summed E-state index contributed by atoms with van der Waals surface area (Å²) in [6.45, 7) is 0.272. The second-order valence-corrected chi connectivity index (χ2v) is 7.19. The number of nitro benzene ring substituents is 1. The van der Waals surface area contributed by atoms with Crippen molar-refractivity contribution in [2.75, 3.05) is 18.9 Å². The van der Waals surface area contributed by atoms with Crippen LogP contribution < -0.4 is 10.5 Å². The summed E-state index contributed by atoms with van der Waals surface area (Å²) in [5, 5.41) is 11.1. The number of ether oxygens (including phenoxy) is 1. The highest BCUT2D eigenvalue weighted by molar-refractivity contribution is 7.89. The molecule has 0 bridgehead atoms. The average molecular weight is 349 g/mol. The van der Waals surface area contributed by atoms with E-state index in [-0.39, 0.29) is 24.6 Å². The average Bonchev–Trinajstić information content (AvgIpc) is 2.77. The Morgan fingerprint density at radius 1 is 1.21 bits per heavy atom. The van der Waals surface area contributed by atoms with Crippen molar-refractivity contribution in [2.45, 2.75) is 11.4 Å². The third kappa shape index (κ3) is 2.91. The summed E-state index contributed by atoms with van der Waals surface area (Å²) in [4.78, 5) is 10.1. The molecule has 0 atom stereocenters. The number of nitro groups is 1. The first-order valence-electron chi connectivity index (χ1n) is 7.14. The predicted octanol–water partition coefficient (Wildman–Crippen LogP) is 1.76. The maximum absolute atomic E-state index is 12.9. The van der Waals surface area contributed by atoms with E-state index in [4.69, 9.17) is 10.5 Å². The van der Waals surface area contributed by atoms with Crippen LogP contribution in [0.2, 0.25) is 0 Å². The fourth-order valence-electron chi connectivity index (χ4n) is 2.56. The number of para-hydroxylation sites is 1. The van der Waals surface area contributed by atoms with Gasteiger partial charge in [-0.1, -0.05) is 12.1 Å². The zero-order valence-corrected chi connectivity index (χ0v) is 13.4. The lowest BCUT2D eigenvalue weighted by Gasteiger charge is -2.19. The van der Waals surface area contributed by atoms with Crippen LogP contribution in [0.1, 0.15) is 5.56 Å². The molecule has 126 valence electrons. The fourth-order valence-corrected chi connectivity index (χ4v) is 4.12. The molecule has 0 saturated heterocycles. The van der Waals surface area contributed by atoms with Crippen molar-refractivity contribution in [3.05, 3.63) is 58.1 Å². The maximum Gasteiger partial charge on any atom is 0.289 e. The smallest absolute Gasteiger partial charge is 0.289 e. The lowest BCUT2D eigenvalue weighted by molar-refractivity contribution is -0.387. The highest BCUT2D eigenvalue weighted by atomic mass is 32.2. The van der Waals surface area contributed by atoms with Crippen molar-refractivity contribution in [1.29, 1.82) is 0 Å². The minimum atomic E-state index is -4.05. The van der Waals surface area contributed by atoms with Gasteiger partial charge in [0.2, 0.25) is 10.0 Å². The third-order valence-electron chi connectivity index (χ3n) is 3.71. The van der Waals surface area contributed by atoms with Gasteiger partial charge in [0.15, 0.2) is 4.90 Å². The number of hydrogen-bond donors (Lipinski definition) is 1. The second-order valence-electron chi connectivity index (χ2n) is 5.28. The van der Waals surface area contributed by atoms with E-state index in [9.17, 15) is 18.5 Å². The molecule has 1 heterocycles. The minimum absolute atomic E-state index is 0.0365. The highest BCUT2D eigenvalue weighted by Crippen LogP contribution is 2.31. The van der Waals surface area contributed by atoms with Crippen LogP contribution >= 0.6 is 0 Å². The molecule has 8 nitrogen and oxygen atoms in total. The van der Waals surface area contributed by atoms with Crippen LogP contribution in [0.25, 0.3) is 0 Å². The maximum atomic E-state index is 12.9. The van der Waals surface area contributed by atoms with E-state index in [0.717, 1.165) is 0 Å². The van der Waals surface area contributed by atoms with Gasteiger partial charge < -0.3 is 10.5 Å². The molecule has 0 aromatic heterocycles. The van der Waals surface area contributed by atoms with Gasteiger partial charge in [0, 0.05) is 30.4 Å². The van der Waals surface area contributed by atoms with Crippen molar-refractivity contribution in [3.8, 4) is 5.75 Å². The number of sulfonamides is 1. The van der Waals surface area contributed by atoms with Crippen LogP contribution in [0.5, 0.6) is 5.75 Å². The van der Waals surface area contributed by atoms with Gasteiger partial charge >= 0.3 is 0 Å². The summed E-state index contributed by atoms with van der Waals surface area (Å²) in [5.41, 5.74) is 6.41. The molecule has 24 heavy (non-hydrogen) atoms. The lowest BCUT2D eigenvalue weighted by Crippen LogP contribution is -2.33. The quantitative estimate of drug-likeness (QED) is 0.513. The lowest BCUT2D eigenvalue weighted by atomic mass is 10.2. The molecular weight excluding hydrogens is 334 g/mol. The van der Waals surface area contributed by atoms with Gasteiger partial charge in [-0.2, -0.15) is 4.31 Å². The molecule has 0 unspecified atom stereocenters. The molecule has 0 fully saturated rings. The zero-order valence-electron chi connectivity index (χ0n) is 12.6. The molecule has 9 heteroatoms. The number of nitrogen functional groups attached to an aromatic ring is 1. The molecule has 0 spiro atoms. The topological polar surface area (TPSA) is 116 Å². The van der Waals surface area contributed by atoms with Gasteiger partial charge in [-0.05, 0) is 24.3 Å². The normalized spacial score (nSPS) is 15.2. The van der Waals surface area contributed by atoms with Crippen molar-refractivity contribution in [3.63, 3.8) is 0 Å². The van der Waals surface area contributed by atoms with Crippen LogP contribution in [-0.2, 0) is 16.6 Å². The Kier molecular flexibility index (Phi) is 4.12. The van der Waals surface area contributed by atoms with Crippen molar-refractivity contribution in [2.24, 2.45) is 0 Å². The monoisotopic (exact) mass is 349 g/mol. The number of rotatable bonds is 3. The Bertz CT molecular complexity index is 898. The number of fused-ring (bicyclic) bond motifs is 1. The van der Waals surface area contributed by atoms with Gasteiger partial charge in [0.05, 0.1) is 4.92 Å². The number of hydrogen-bond acceptors (Lipinski definition) is 6. The van der Waals surface area contributed by atoms with Crippen LogP contribution in [0, 0.1) is 10.1 Å². The first kappa shape index (κ1) is 16.2. The summed E-state index contributed by atoms with van der Waals surface area (Å²) < 4.78 is 32.5. The minimum Gasteiger partial charge on any atom is -0.492 e. The van der Waals surface area contributed by atoms with Crippen LogP contribution in [0.3, 0.4) is 0 Å². The molecule has 2 aromatic carbocycles. The Morgan fingerprint density at radius 2 is 1.96 bits per heavy atom. The number of nitrogens with zero attached hydrogens (tertiary/aromatic N) is 2. The summed E-state index contributed by atoms with van der Waals surface area (Å²) in [6, 6.07) is 10.3. The number of anilines is 1. The SMILES string of the molecule is Nc1ccc2c(c1)CN(S(=O)(=O)c1ccccc1[N+](=O)[O-])CCO2. The molecule has 3 rings (SSSR count). The first-order chi connectivity index (χ1) is 11.4. The Morgan fingerprint density at radius 3 is 2.71 bits per heavy atom. The Labute approximate surface area is 138 Å². The Hall–Kier alpha value is -2.65. The van der Waals surface area contributed by atoms with E-state index < -0.39 is 20.6 Å². The Balaban J connectivity index is 2.03. The third-order valence-corrected chi connectivity index (χ3v) is 5.60. The van der Waals surface area contributed by atoms with Gasteiger partial charge in [-0.3, -0.25) is 10.1 Å². The largest absolute Gasteiger partial charge is 0.492 e. The van der Waals surface area contributed by atoms with E-state index in [1.54, 1.807) is 18.2 Å². The van der Waals surface area contributed by atoms with Crippen molar-refractivity contribution < 1.29 is 18.1 Å². The van der Waals surface area contributed by atoms with E-state index in [1.165, 1.54) is 28.6 Å². The van der Waals surface area contributed by atoms with E-state index in [1.807, 2.05) is 0 Å². The van der Waals surface area contributed by atoms with Crippen LogP contribution in [0.4, 0.5) is 11.4 Å². The summed E-state index contributed by atoms with van der Waals surface area (Å²) in [7, 11) is -4.05. The summed E-state index contributed by atoms with van der Waals surface area (Å²) in [5.74, 6) is 0.560. The van der Waals surface area contributed by atoms with Gasteiger partial charge in [-0.25, -0.2) is 8.42 Å². The number of nitrogens with two attached hydrogens (primary N) is 1. The van der Waals surface area contributed by atoms with Crippen LogP contribution in [0.15, 0.2) is 47.4 Å². The molecule has 2 aromatic rings. The molecule has 0 aliphatic carbocycles. The summed E-state index contributed by atoms with van der Waals surface area (Å²) in [6.07, 6.45) is 0. The molecule has 1 aliphatic rings. The highest BCUT2D eigenvalue weighted by Gasteiger charge is 2.33. The van der Waals surface area contributed by atoms with E-state index in [0.29, 0.717) is 17.0 Å². The molecular formula is C15H15N3O5S. The van der Waals surface area contributed by atoms with Crippen molar-refractivity contribution in [1.82, 2.24) is 4.31 Å². The standard InChI is InChI=1S/C15H15N3O5S/c16-12-5-6-14-11(9-12)10-17(7-8-23-14)24(21,22)15-4-2-1-3-13(15)18(19)20/h1-6,9H,7-8,10,16H2. The molecule has 0 amide bonds. The zero-order chi connectivity index (χ0) is 17.3. The number of benzene rings is 2. The van der Waals surface area contributed by atoms with Crippen molar-refractivity contribution >= 4 is 21.4 Å². The van der Waals surface area contributed by atoms with E-state index in [2.05, 4.69) is 0 Å². The summed E-state index contributed by atoms with van der Waals surface area (Å²) >= 11 is 0. The molecule has 0 saturated carbocycles. The second kappa shape index (κ2) is 6.10.